The first-order chi connectivity index (χ1) is 8.15. The molecule has 0 spiro atoms. The maximum Gasteiger partial charge on any atom is 0.251 e. The average Bonchev–Trinajstić information content (AvgIpc) is 2.29. The van der Waals surface area contributed by atoms with E-state index in [1.54, 1.807) is 0 Å². The van der Waals surface area contributed by atoms with Crippen molar-refractivity contribution < 1.29 is 13.6 Å². The van der Waals surface area contributed by atoms with Crippen LogP contribution in [0.2, 0.25) is 0 Å². The lowest BCUT2D eigenvalue weighted by atomic mass is 10.1. The molecular weight excluding hydrogens is 226 g/mol. The van der Waals surface area contributed by atoms with Gasteiger partial charge in [0.25, 0.3) is 5.91 Å². The van der Waals surface area contributed by atoms with E-state index in [1.807, 2.05) is 0 Å². The number of piperidine rings is 1. The Labute approximate surface area is 98.2 Å². The van der Waals surface area contributed by atoms with Crippen LogP contribution in [-0.2, 0) is 0 Å². The van der Waals surface area contributed by atoms with E-state index in [2.05, 4.69) is 10.6 Å². The van der Waals surface area contributed by atoms with Crippen LogP contribution in [0.1, 0.15) is 23.2 Å². The molecule has 1 saturated heterocycles. The number of nitrogens with one attached hydrogen (secondary N) is 2. The molecule has 1 aliphatic rings. The van der Waals surface area contributed by atoms with E-state index in [4.69, 9.17) is 0 Å². The second-order valence-corrected chi connectivity index (χ2v) is 4.17. The van der Waals surface area contributed by atoms with Crippen molar-refractivity contribution in [2.75, 3.05) is 13.1 Å². The predicted molar refractivity (Wildman–Crippen MR) is 59.7 cm³/mol. The van der Waals surface area contributed by atoms with Crippen LogP contribution in [0.3, 0.4) is 0 Å². The minimum Gasteiger partial charge on any atom is -0.348 e. The first-order valence-electron chi connectivity index (χ1n) is 5.63. The van der Waals surface area contributed by atoms with Crippen LogP contribution in [-0.4, -0.2) is 25.0 Å². The van der Waals surface area contributed by atoms with Crippen molar-refractivity contribution >= 4 is 5.91 Å². The third-order valence-electron chi connectivity index (χ3n) is 2.76. The first kappa shape index (κ1) is 12.0. The number of hydrogen-bond donors (Lipinski definition) is 2. The van der Waals surface area contributed by atoms with E-state index in [0.717, 1.165) is 37.6 Å². The molecule has 1 aliphatic heterocycles. The fourth-order valence-corrected chi connectivity index (χ4v) is 1.93. The van der Waals surface area contributed by atoms with Crippen molar-refractivity contribution in [1.29, 1.82) is 0 Å². The highest BCUT2D eigenvalue weighted by Crippen LogP contribution is 2.09. The summed E-state index contributed by atoms with van der Waals surface area (Å²) in [5.74, 6) is -1.91. The monoisotopic (exact) mass is 240 g/mol. The average molecular weight is 240 g/mol. The summed E-state index contributed by atoms with van der Waals surface area (Å²) in [6.07, 6.45) is 1.87. The van der Waals surface area contributed by atoms with Crippen LogP contribution in [0.5, 0.6) is 0 Å². The second kappa shape index (κ2) is 5.23. The van der Waals surface area contributed by atoms with Gasteiger partial charge in [-0.2, -0.15) is 0 Å². The molecule has 1 atom stereocenters. The molecule has 17 heavy (non-hydrogen) atoms. The molecule has 0 radical (unpaired) electrons. The fraction of sp³-hybridized carbons (Fsp3) is 0.417. The second-order valence-electron chi connectivity index (χ2n) is 4.17. The molecule has 1 amide bonds. The Hall–Kier alpha value is -1.49. The lowest BCUT2D eigenvalue weighted by Gasteiger charge is -2.23. The van der Waals surface area contributed by atoms with Crippen molar-refractivity contribution in [3.63, 3.8) is 0 Å². The Morgan fingerprint density at radius 3 is 2.59 bits per heavy atom. The molecule has 92 valence electrons. The van der Waals surface area contributed by atoms with Gasteiger partial charge in [-0.25, -0.2) is 8.78 Å². The van der Waals surface area contributed by atoms with Gasteiger partial charge in [-0.3, -0.25) is 4.79 Å². The lowest BCUT2D eigenvalue weighted by molar-refractivity contribution is 0.0929. The van der Waals surface area contributed by atoms with E-state index < -0.39 is 17.5 Å². The van der Waals surface area contributed by atoms with Crippen LogP contribution in [0.15, 0.2) is 18.2 Å². The Morgan fingerprint density at radius 1 is 1.29 bits per heavy atom. The van der Waals surface area contributed by atoms with E-state index in [9.17, 15) is 13.6 Å². The largest absolute Gasteiger partial charge is 0.348 e. The molecule has 0 unspecified atom stereocenters. The Morgan fingerprint density at radius 2 is 2.00 bits per heavy atom. The zero-order valence-electron chi connectivity index (χ0n) is 9.30. The Balaban J connectivity index is 2.03. The van der Waals surface area contributed by atoms with Gasteiger partial charge in [0, 0.05) is 24.2 Å². The lowest BCUT2D eigenvalue weighted by Crippen LogP contribution is -2.45. The molecule has 1 aromatic rings. The van der Waals surface area contributed by atoms with E-state index in [-0.39, 0.29) is 11.6 Å². The SMILES string of the molecule is O=C(N[C@H]1CCCNC1)c1cc(F)cc(F)c1. The van der Waals surface area contributed by atoms with Gasteiger partial charge in [0.2, 0.25) is 0 Å². The van der Waals surface area contributed by atoms with E-state index >= 15 is 0 Å². The molecule has 1 aromatic carbocycles. The molecule has 0 saturated carbocycles. The molecule has 0 aromatic heterocycles. The van der Waals surface area contributed by atoms with Crippen molar-refractivity contribution in [2.24, 2.45) is 0 Å². The summed E-state index contributed by atoms with van der Waals surface area (Å²) in [4.78, 5) is 11.7. The molecule has 3 nitrogen and oxygen atoms in total. The molecular formula is C12H14F2N2O. The summed E-state index contributed by atoms with van der Waals surface area (Å²) in [5.41, 5.74) is 0.0214. The predicted octanol–water partition coefficient (Wildman–Crippen LogP) is 1.45. The summed E-state index contributed by atoms with van der Waals surface area (Å²) in [6.45, 7) is 1.64. The molecule has 2 rings (SSSR count). The van der Waals surface area contributed by atoms with Crippen molar-refractivity contribution in [3.05, 3.63) is 35.4 Å². The maximum absolute atomic E-state index is 12.9. The van der Waals surface area contributed by atoms with Gasteiger partial charge in [0.1, 0.15) is 11.6 Å². The number of halogens is 2. The zero-order chi connectivity index (χ0) is 12.3. The van der Waals surface area contributed by atoms with Gasteiger partial charge in [0.15, 0.2) is 0 Å². The molecule has 5 heteroatoms. The smallest absolute Gasteiger partial charge is 0.251 e. The minimum atomic E-state index is -0.739. The number of rotatable bonds is 2. The zero-order valence-corrected chi connectivity index (χ0v) is 9.30. The summed E-state index contributed by atoms with van der Waals surface area (Å²) in [6, 6.07) is 2.85. The van der Waals surface area contributed by atoms with Gasteiger partial charge in [-0.15, -0.1) is 0 Å². The van der Waals surface area contributed by atoms with Crippen molar-refractivity contribution in [1.82, 2.24) is 10.6 Å². The highest BCUT2D eigenvalue weighted by Gasteiger charge is 2.17. The highest BCUT2D eigenvalue weighted by atomic mass is 19.1. The molecule has 2 N–H and O–H groups in total. The van der Waals surface area contributed by atoms with Crippen LogP contribution >= 0.6 is 0 Å². The molecule has 1 heterocycles. The van der Waals surface area contributed by atoms with Gasteiger partial charge in [0.05, 0.1) is 0 Å². The van der Waals surface area contributed by atoms with Crippen LogP contribution in [0, 0.1) is 11.6 Å². The normalized spacial score (nSPS) is 20.0. The fourth-order valence-electron chi connectivity index (χ4n) is 1.93. The number of benzene rings is 1. The number of amides is 1. The quantitative estimate of drug-likeness (QED) is 0.821. The molecule has 0 aliphatic carbocycles. The van der Waals surface area contributed by atoms with Gasteiger partial charge < -0.3 is 10.6 Å². The molecule has 0 bridgehead atoms. The van der Waals surface area contributed by atoms with Gasteiger partial charge in [-0.1, -0.05) is 0 Å². The summed E-state index contributed by atoms with van der Waals surface area (Å²) in [7, 11) is 0. The van der Waals surface area contributed by atoms with Gasteiger partial charge >= 0.3 is 0 Å². The van der Waals surface area contributed by atoms with Crippen molar-refractivity contribution in [2.45, 2.75) is 18.9 Å². The van der Waals surface area contributed by atoms with E-state index in [1.165, 1.54) is 0 Å². The third-order valence-corrected chi connectivity index (χ3v) is 2.76. The van der Waals surface area contributed by atoms with Crippen LogP contribution < -0.4 is 10.6 Å². The number of hydrogen-bond acceptors (Lipinski definition) is 2. The van der Waals surface area contributed by atoms with Gasteiger partial charge in [-0.05, 0) is 31.5 Å². The maximum atomic E-state index is 12.9. The van der Waals surface area contributed by atoms with Crippen LogP contribution in [0.4, 0.5) is 8.78 Å². The summed E-state index contributed by atoms with van der Waals surface area (Å²) < 4.78 is 25.9. The number of carbonyl (C=O) groups excluding carboxylic acids is 1. The standard InChI is InChI=1S/C12H14F2N2O/c13-9-4-8(5-10(14)6-9)12(17)16-11-2-1-3-15-7-11/h4-6,11,15H,1-3,7H2,(H,16,17)/t11-/m0/s1. The minimum absolute atomic E-state index is 0.0214. The third kappa shape index (κ3) is 3.23. The number of carbonyl (C=O) groups is 1. The van der Waals surface area contributed by atoms with Crippen molar-refractivity contribution in [3.8, 4) is 0 Å². The van der Waals surface area contributed by atoms with E-state index in [0.29, 0.717) is 6.54 Å². The Bertz CT molecular complexity index is 397. The highest BCUT2D eigenvalue weighted by molar-refractivity contribution is 5.94. The summed E-state index contributed by atoms with van der Waals surface area (Å²) >= 11 is 0. The topological polar surface area (TPSA) is 41.1 Å². The summed E-state index contributed by atoms with van der Waals surface area (Å²) in [5, 5.41) is 5.91. The Kier molecular flexibility index (Phi) is 3.68. The first-order valence-corrected chi connectivity index (χ1v) is 5.63. The molecule has 1 fully saturated rings. The van der Waals surface area contributed by atoms with Crippen LogP contribution in [0.25, 0.3) is 0 Å².